The molecular weight excluding hydrogens is 318 g/mol. The van der Waals surface area contributed by atoms with Gasteiger partial charge in [0.1, 0.15) is 0 Å². The van der Waals surface area contributed by atoms with Crippen molar-refractivity contribution in [2.24, 2.45) is 0 Å². The van der Waals surface area contributed by atoms with Crippen molar-refractivity contribution in [2.45, 2.75) is 11.8 Å². The van der Waals surface area contributed by atoms with Crippen LogP contribution in [0, 0.1) is 18.8 Å². The van der Waals surface area contributed by atoms with E-state index in [-0.39, 0.29) is 0 Å². The molecule has 0 spiro atoms. The van der Waals surface area contributed by atoms with Gasteiger partial charge < -0.3 is 4.98 Å². The summed E-state index contributed by atoms with van der Waals surface area (Å²) in [6.45, 7) is 1.97. The van der Waals surface area contributed by atoms with E-state index in [1.54, 1.807) is 24.3 Å². The zero-order valence-corrected chi connectivity index (χ0v) is 14.3. The molecule has 1 aromatic heterocycles. The molecule has 120 valence electrons. The van der Waals surface area contributed by atoms with E-state index < -0.39 is 9.84 Å². The second kappa shape index (κ2) is 6.38. The molecule has 0 fully saturated rings. The standard InChI is InChI=1S/C20H17NO2S/c1-15-14-18(9-8-16-6-4-3-5-7-16)20(21-15)17-10-12-19(13-11-17)24(2,22)23/h3-7,10-14,21H,1-2H3. The van der Waals surface area contributed by atoms with Gasteiger partial charge in [-0.15, -0.1) is 0 Å². The normalized spacial score (nSPS) is 10.9. The Hall–Kier alpha value is -2.77. The lowest BCUT2D eigenvalue weighted by atomic mass is 10.1. The van der Waals surface area contributed by atoms with Crippen molar-refractivity contribution in [2.75, 3.05) is 6.26 Å². The first-order valence-corrected chi connectivity index (χ1v) is 9.40. The Bertz CT molecular complexity index is 1020. The molecule has 0 amide bonds. The molecule has 4 heteroatoms. The molecule has 0 aliphatic heterocycles. The maximum Gasteiger partial charge on any atom is 0.175 e. The number of sulfone groups is 1. The highest BCUT2D eigenvalue weighted by Gasteiger charge is 2.10. The summed E-state index contributed by atoms with van der Waals surface area (Å²) in [5, 5.41) is 0. The average Bonchev–Trinajstić information content (AvgIpc) is 2.94. The van der Waals surface area contributed by atoms with Crippen LogP contribution in [0.15, 0.2) is 65.6 Å². The number of hydrogen-bond acceptors (Lipinski definition) is 2. The Balaban J connectivity index is 2.00. The maximum absolute atomic E-state index is 11.6. The summed E-state index contributed by atoms with van der Waals surface area (Å²) in [7, 11) is -3.19. The summed E-state index contributed by atoms with van der Waals surface area (Å²) < 4.78 is 23.2. The molecule has 2 aromatic carbocycles. The van der Waals surface area contributed by atoms with Crippen LogP contribution in [0.2, 0.25) is 0 Å². The van der Waals surface area contributed by atoms with Crippen LogP contribution in [0.5, 0.6) is 0 Å². The van der Waals surface area contributed by atoms with Crippen molar-refractivity contribution in [1.82, 2.24) is 4.98 Å². The molecular formula is C20H17NO2S. The number of H-pyrrole nitrogens is 1. The minimum Gasteiger partial charge on any atom is -0.358 e. The number of aryl methyl sites for hydroxylation is 1. The van der Waals surface area contributed by atoms with Gasteiger partial charge in [0.15, 0.2) is 9.84 Å². The van der Waals surface area contributed by atoms with Gasteiger partial charge in [-0.25, -0.2) is 8.42 Å². The molecule has 0 aliphatic rings. The molecule has 0 saturated heterocycles. The number of aromatic nitrogens is 1. The van der Waals surface area contributed by atoms with Crippen LogP contribution in [-0.4, -0.2) is 19.7 Å². The van der Waals surface area contributed by atoms with E-state index in [2.05, 4.69) is 16.8 Å². The van der Waals surface area contributed by atoms with E-state index in [9.17, 15) is 8.42 Å². The molecule has 3 nitrogen and oxygen atoms in total. The molecule has 3 rings (SSSR count). The van der Waals surface area contributed by atoms with E-state index in [1.807, 2.05) is 43.3 Å². The zero-order valence-electron chi connectivity index (χ0n) is 13.5. The van der Waals surface area contributed by atoms with Crippen molar-refractivity contribution < 1.29 is 8.42 Å². The molecule has 1 N–H and O–H groups in total. The molecule has 0 radical (unpaired) electrons. The smallest absolute Gasteiger partial charge is 0.175 e. The lowest BCUT2D eigenvalue weighted by Crippen LogP contribution is -1.96. The predicted molar refractivity (Wildman–Crippen MR) is 96.5 cm³/mol. The van der Waals surface area contributed by atoms with E-state index >= 15 is 0 Å². The quantitative estimate of drug-likeness (QED) is 0.724. The summed E-state index contributed by atoms with van der Waals surface area (Å²) in [4.78, 5) is 3.61. The number of nitrogens with one attached hydrogen (secondary N) is 1. The third-order valence-corrected chi connectivity index (χ3v) is 4.77. The fraction of sp³-hybridized carbons (Fsp3) is 0.100. The van der Waals surface area contributed by atoms with Gasteiger partial charge in [-0.05, 0) is 42.8 Å². The van der Waals surface area contributed by atoms with Crippen molar-refractivity contribution >= 4 is 9.84 Å². The fourth-order valence-corrected chi connectivity index (χ4v) is 3.08. The van der Waals surface area contributed by atoms with Crippen LogP contribution in [-0.2, 0) is 9.84 Å². The van der Waals surface area contributed by atoms with Gasteiger partial charge in [-0.2, -0.15) is 0 Å². The minimum absolute atomic E-state index is 0.312. The van der Waals surface area contributed by atoms with Gasteiger partial charge in [0, 0.05) is 17.5 Å². The van der Waals surface area contributed by atoms with Gasteiger partial charge in [0.05, 0.1) is 16.2 Å². The van der Waals surface area contributed by atoms with Crippen LogP contribution >= 0.6 is 0 Å². The van der Waals surface area contributed by atoms with E-state index in [4.69, 9.17) is 0 Å². The third-order valence-electron chi connectivity index (χ3n) is 3.64. The van der Waals surface area contributed by atoms with E-state index in [1.165, 1.54) is 6.26 Å². The van der Waals surface area contributed by atoms with Gasteiger partial charge in [-0.1, -0.05) is 42.2 Å². The van der Waals surface area contributed by atoms with Crippen molar-refractivity contribution in [1.29, 1.82) is 0 Å². The second-order valence-corrected chi connectivity index (χ2v) is 7.67. The number of rotatable bonds is 2. The lowest BCUT2D eigenvalue weighted by molar-refractivity contribution is 0.602. The van der Waals surface area contributed by atoms with Crippen LogP contribution in [0.25, 0.3) is 11.3 Å². The minimum atomic E-state index is -3.19. The Morgan fingerprint density at radius 3 is 2.21 bits per heavy atom. The average molecular weight is 335 g/mol. The summed E-state index contributed by atoms with van der Waals surface area (Å²) in [5.74, 6) is 6.35. The van der Waals surface area contributed by atoms with Crippen molar-refractivity contribution in [3.8, 4) is 23.1 Å². The van der Waals surface area contributed by atoms with Crippen LogP contribution < -0.4 is 0 Å². The first-order valence-electron chi connectivity index (χ1n) is 7.51. The van der Waals surface area contributed by atoms with E-state index in [0.29, 0.717) is 4.90 Å². The first kappa shape index (κ1) is 16.1. The summed E-state index contributed by atoms with van der Waals surface area (Å²) in [5.41, 5.74) is 4.66. The SMILES string of the molecule is Cc1cc(C#Cc2ccccc2)c(-c2ccc(S(C)(=O)=O)cc2)[nH]1. The monoisotopic (exact) mass is 335 g/mol. The van der Waals surface area contributed by atoms with Gasteiger partial charge >= 0.3 is 0 Å². The molecule has 0 atom stereocenters. The Kier molecular flexibility index (Phi) is 4.28. The fourth-order valence-electron chi connectivity index (χ4n) is 2.45. The second-order valence-electron chi connectivity index (χ2n) is 5.65. The summed E-state index contributed by atoms with van der Waals surface area (Å²) in [6.07, 6.45) is 1.21. The Morgan fingerprint density at radius 2 is 1.58 bits per heavy atom. The molecule has 0 saturated carbocycles. The maximum atomic E-state index is 11.6. The summed E-state index contributed by atoms with van der Waals surface area (Å²) >= 11 is 0. The highest BCUT2D eigenvalue weighted by molar-refractivity contribution is 7.90. The van der Waals surface area contributed by atoms with Gasteiger partial charge in [-0.3, -0.25) is 0 Å². The Labute approximate surface area is 142 Å². The highest BCUT2D eigenvalue weighted by atomic mass is 32.2. The van der Waals surface area contributed by atoms with Gasteiger partial charge in [0.25, 0.3) is 0 Å². The lowest BCUT2D eigenvalue weighted by Gasteiger charge is -2.02. The van der Waals surface area contributed by atoms with E-state index in [0.717, 1.165) is 28.1 Å². The molecule has 0 bridgehead atoms. The molecule has 0 unspecified atom stereocenters. The number of benzene rings is 2. The van der Waals surface area contributed by atoms with Crippen LogP contribution in [0.4, 0.5) is 0 Å². The number of aromatic amines is 1. The Morgan fingerprint density at radius 1 is 0.917 bits per heavy atom. The molecule has 1 heterocycles. The highest BCUT2D eigenvalue weighted by Crippen LogP contribution is 2.24. The van der Waals surface area contributed by atoms with Crippen molar-refractivity contribution in [3.05, 3.63) is 77.5 Å². The first-order chi connectivity index (χ1) is 11.4. The molecule has 24 heavy (non-hydrogen) atoms. The number of hydrogen-bond donors (Lipinski definition) is 1. The zero-order chi connectivity index (χ0) is 17.2. The van der Waals surface area contributed by atoms with Crippen LogP contribution in [0.3, 0.4) is 0 Å². The van der Waals surface area contributed by atoms with Crippen LogP contribution in [0.1, 0.15) is 16.8 Å². The van der Waals surface area contributed by atoms with Gasteiger partial charge in [0.2, 0.25) is 0 Å². The van der Waals surface area contributed by atoms with Crippen molar-refractivity contribution in [3.63, 3.8) is 0 Å². The predicted octanol–water partition coefficient (Wildman–Crippen LogP) is 3.79. The summed E-state index contributed by atoms with van der Waals surface area (Å²) in [6, 6.07) is 18.6. The molecule has 3 aromatic rings. The topological polar surface area (TPSA) is 49.9 Å². The third kappa shape index (κ3) is 3.58. The largest absolute Gasteiger partial charge is 0.358 e. The molecule has 0 aliphatic carbocycles.